The van der Waals surface area contributed by atoms with E-state index in [-0.39, 0.29) is 29.9 Å². The highest BCUT2D eigenvalue weighted by molar-refractivity contribution is 6.38. The monoisotopic (exact) mass is 391 g/mol. The quantitative estimate of drug-likeness (QED) is 0.822. The minimum Gasteiger partial charge on any atom is -0.368 e. The molecule has 146 valence electrons. The van der Waals surface area contributed by atoms with Crippen LogP contribution in [-0.2, 0) is 9.59 Å². The van der Waals surface area contributed by atoms with Gasteiger partial charge in [0, 0.05) is 61.8 Å². The van der Waals surface area contributed by atoms with Gasteiger partial charge < -0.3 is 15.1 Å². The lowest BCUT2D eigenvalue weighted by Gasteiger charge is -2.36. The average Bonchev–Trinajstić information content (AvgIpc) is 3.22. The lowest BCUT2D eigenvalue weighted by molar-refractivity contribution is -0.124. The summed E-state index contributed by atoms with van der Waals surface area (Å²) in [5, 5.41) is 3.00. The lowest BCUT2D eigenvalue weighted by atomic mass is 9.94. The van der Waals surface area contributed by atoms with Crippen molar-refractivity contribution in [2.24, 2.45) is 9.98 Å². The number of nitrogens with one attached hydrogen (secondary N) is 1. The number of benzene rings is 1. The minimum atomic E-state index is -0.264. The van der Waals surface area contributed by atoms with Gasteiger partial charge in [-0.1, -0.05) is 0 Å². The number of carbonyl (C=O) groups excluding carboxylic acids is 2. The first-order chi connectivity index (χ1) is 14.1. The summed E-state index contributed by atoms with van der Waals surface area (Å²) < 4.78 is 13.1. The van der Waals surface area contributed by atoms with Crippen molar-refractivity contribution >= 4 is 29.4 Å². The van der Waals surface area contributed by atoms with Gasteiger partial charge in [0.1, 0.15) is 5.82 Å². The second kappa shape index (κ2) is 6.80. The van der Waals surface area contributed by atoms with E-state index in [0.29, 0.717) is 43.1 Å². The molecule has 1 fully saturated rings. The molecule has 7 nitrogen and oxygen atoms in total. The topological polar surface area (TPSA) is 77.4 Å². The van der Waals surface area contributed by atoms with Crippen molar-refractivity contribution in [3.63, 3.8) is 0 Å². The van der Waals surface area contributed by atoms with Gasteiger partial charge in [0.2, 0.25) is 0 Å². The fourth-order valence-electron chi connectivity index (χ4n) is 3.87. The molecule has 8 heteroatoms. The van der Waals surface area contributed by atoms with E-state index in [0.717, 1.165) is 11.3 Å². The molecule has 1 aromatic carbocycles. The van der Waals surface area contributed by atoms with Crippen molar-refractivity contribution in [2.45, 2.75) is 0 Å². The van der Waals surface area contributed by atoms with Gasteiger partial charge in [0.05, 0.1) is 11.4 Å². The number of allylic oxidation sites excluding steroid dienone is 2. The second-order valence-electron chi connectivity index (χ2n) is 7.15. The fraction of sp³-hybridized carbons (Fsp3) is 0.238. The summed E-state index contributed by atoms with van der Waals surface area (Å²) in [5.74, 6) is -0.319. The normalized spacial score (nSPS) is 20.6. The third-order valence-electron chi connectivity index (χ3n) is 5.45. The van der Waals surface area contributed by atoms with Crippen molar-refractivity contribution in [3.8, 4) is 0 Å². The molecule has 0 saturated carbocycles. The van der Waals surface area contributed by atoms with Crippen molar-refractivity contribution < 1.29 is 14.0 Å². The average molecular weight is 391 g/mol. The van der Waals surface area contributed by atoms with Crippen LogP contribution in [-0.4, -0.2) is 61.4 Å². The molecule has 0 aromatic heterocycles. The Morgan fingerprint density at radius 2 is 1.86 bits per heavy atom. The molecule has 3 aliphatic heterocycles. The van der Waals surface area contributed by atoms with Crippen LogP contribution < -0.4 is 10.2 Å². The van der Waals surface area contributed by atoms with Gasteiger partial charge in [0.25, 0.3) is 5.91 Å². The molecule has 0 spiro atoms. The van der Waals surface area contributed by atoms with Gasteiger partial charge in [-0.15, -0.1) is 0 Å². The Morgan fingerprint density at radius 3 is 2.62 bits per heavy atom. The largest absolute Gasteiger partial charge is 0.368 e. The van der Waals surface area contributed by atoms with Crippen LogP contribution in [0.4, 0.5) is 10.1 Å². The maximum Gasteiger partial charge on any atom is 0.289 e. The third kappa shape index (κ3) is 3.06. The molecular weight excluding hydrogens is 373 g/mol. The molecule has 0 radical (unpaired) electrons. The Labute approximate surface area is 166 Å². The molecule has 1 aromatic rings. The summed E-state index contributed by atoms with van der Waals surface area (Å²) in [6.07, 6.45) is 4.96. The van der Waals surface area contributed by atoms with Gasteiger partial charge in [-0.05, 0) is 30.3 Å². The number of ketones is 1. The first kappa shape index (κ1) is 17.5. The Bertz CT molecular complexity index is 1060. The van der Waals surface area contributed by atoms with Crippen molar-refractivity contribution in [3.05, 3.63) is 64.8 Å². The molecule has 1 N–H and O–H groups in total. The van der Waals surface area contributed by atoms with Gasteiger partial charge in [0.15, 0.2) is 11.6 Å². The van der Waals surface area contributed by atoms with E-state index in [4.69, 9.17) is 0 Å². The first-order valence-corrected chi connectivity index (χ1v) is 9.47. The summed E-state index contributed by atoms with van der Waals surface area (Å²) in [6, 6.07) is 6.37. The van der Waals surface area contributed by atoms with E-state index in [1.165, 1.54) is 18.2 Å². The third-order valence-corrected chi connectivity index (χ3v) is 5.45. The van der Waals surface area contributed by atoms with E-state index in [9.17, 15) is 14.0 Å². The van der Waals surface area contributed by atoms with Gasteiger partial charge in [-0.25, -0.2) is 9.38 Å². The van der Waals surface area contributed by atoms with Crippen molar-refractivity contribution in [1.82, 2.24) is 10.2 Å². The fourth-order valence-corrected chi connectivity index (χ4v) is 3.87. The molecular formula is C21H18FN5O2. The predicted octanol–water partition coefficient (Wildman–Crippen LogP) is 1.21. The molecule has 4 aliphatic rings. The second-order valence-corrected chi connectivity index (χ2v) is 7.15. The van der Waals surface area contributed by atoms with E-state index in [1.54, 1.807) is 23.2 Å². The molecule has 1 aliphatic carbocycles. The number of amidine groups is 1. The van der Waals surface area contributed by atoms with Crippen molar-refractivity contribution in [2.75, 3.05) is 37.6 Å². The maximum atomic E-state index is 13.1. The van der Waals surface area contributed by atoms with Crippen molar-refractivity contribution in [1.29, 1.82) is 0 Å². The highest BCUT2D eigenvalue weighted by Crippen LogP contribution is 2.33. The van der Waals surface area contributed by atoms with Crippen LogP contribution in [0.3, 0.4) is 0 Å². The molecule has 3 heterocycles. The first-order valence-electron chi connectivity index (χ1n) is 9.47. The van der Waals surface area contributed by atoms with Crippen LogP contribution in [0.2, 0.25) is 0 Å². The summed E-state index contributed by atoms with van der Waals surface area (Å²) in [4.78, 5) is 37.8. The Kier molecular flexibility index (Phi) is 4.12. The number of halogens is 1. The zero-order valence-electron chi connectivity index (χ0n) is 15.6. The van der Waals surface area contributed by atoms with E-state index >= 15 is 0 Å². The van der Waals surface area contributed by atoms with E-state index < -0.39 is 0 Å². The number of hydrogen-bond acceptors (Lipinski definition) is 6. The zero-order valence-corrected chi connectivity index (χ0v) is 15.6. The van der Waals surface area contributed by atoms with E-state index in [2.05, 4.69) is 20.2 Å². The number of carbonyl (C=O) groups is 2. The Balaban J connectivity index is 1.30. The number of piperazine rings is 1. The lowest BCUT2D eigenvalue weighted by Crippen LogP contribution is -2.53. The highest BCUT2D eigenvalue weighted by atomic mass is 19.1. The molecule has 0 bridgehead atoms. The van der Waals surface area contributed by atoms with E-state index in [1.807, 2.05) is 6.08 Å². The molecule has 0 unspecified atom stereocenters. The van der Waals surface area contributed by atoms with Crippen LogP contribution in [0.5, 0.6) is 0 Å². The number of amides is 1. The van der Waals surface area contributed by atoms with Gasteiger partial charge in [-0.2, -0.15) is 0 Å². The van der Waals surface area contributed by atoms with Crippen LogP contribution in [0, 0.1) is 5.82 Å². The molecule has 29 heavy (non-hydrogen) atoms. The Hall–Kier alpha value is -3.55. The van der Waals surface area contributed by atoms with Crippen LogP contribution in [0.25, 0.3) is 0 Å². The molecule has 0 atom stereocenters. The summed E-state index contributed by atoms with van der Waals surface area (Å²) in [5.41, 5.74) is 3.42. The number of rotatable bonds is 2. The predicted molar refractivity (Wildman–Crippen MR) is 107 cm³/mol. The number of anilines is 1. The van der Waals surface area contributed by atoms with Crippen LogP contribution >= 0.6 is 0 Å². The number of fused-ring (bicyclic) bond motifs is 2. The van der Waals surface area contributed by atoms with Gasteiger partial charge >= 0.3 is 0 Å². The molecule has 5 rings (SSSR count). The number of aliphatic imine (C=N–C) groups is 2. The van der Waals surface area contributed by atoms with Crippen LogP contribution in [0.15, 0.2) is 68.9 Å². The SMILES string of the molecule is O=C1C=C2N=CC=C2C2=C1CNC(C(=O)N1CCN(c3ccc(F)cc3)CC1)=N2. The standard InChI is InChI=1S/C21H18FN5O2/c22-13-1-3-14(4-2-13)26-7-9-27(10-8-26)21(29)20-24-12-16-18(28)11-17-15(5-6-23-17)19(16)25-20/h1-6,11H,7-10,12H2,(H,24,25). The van der Waals surface area contributed by atoms with Gasteiger partial charge in [-0.3, -0.25) is 14.6 Å². The minimum absolute atomic E-state index is 0.123. The summed E-state index contributed by atoms with van der Waals surface area (Å²) >= 11 is 0. The zero-order chi connectivity index (χ0) is 20.0. The summed E-state index contributed by atoms with van der Waals surface area (Å²) in [7, 11) is 0. The smallest absolute Gasteiger partial charge is 0.289 e. The highest BCUT2D eigenvalue weighted by Gasteiger charge is 2.33. The Morgan fingerprint density at radius 1 is 1.10 bits per heavy atom. The molecule has 1 amide bonds. The number of hydrogen-bond donors (Lipinski definition) is 1. The summed E-state index contributed by atoms with van der Waals surface area (Å²) in [6.45, 7) is 2.67. The maximum absolute atomic E-state index is 13.1. The molecule has 1 saturated heterocycles. The number of nitrogens with zero attached hydrogens (tertiary/aromatic N) is 4. The van der Waals surface area contributed by atoms with Crippen LogP contribution in [0.1, 0.15) is 0 Å².